The zero-order chi connectivity index (χ0) is 16.2. The van der Waals surface area contributed by atoms with Gasteiger partial charge in [0.15, 0.2) is 0 Å². The van der Waals surface area contributed by atoms with E-state index in [0.29, 0.717) is 12.0 Å². The van der Waals surface area contributed by atoms with Gasteiger partial charge in [-0.1, -0.05) is 57.0 Å². The van der Waals surface area contributed by atoms with Gasteiger partial charge in [0.1, 0.15) is 6.04 Å². The maximum absolute atomic E-state index is 13.1. The lowest BCUT2D eigenvalue weighted by Crippen LogP contribution is -2.47. The van der Waals surface area contributed by atoms with Crippen molar-refractivity contribution < 1.29 is 4.79 Å². The molecular formula is C20H30N2O. The van der Waals surface area contributed by atoms with Crippen molar-refractivity contribution in [2.75, 3.05) is 13.1 Å². The molecule has 1 saturated carbocycles. The summed E-state index contributed by atoms with van der Waals surface area (Å²) in [6.45, 7) is 6.52. The van der Waals surface area contributed by atoms with Crippen LogP contribution in [-0.2, 0) is 4.79 Å². The maximum Gasteiger partial charge on any atom is 0.244 e. The summed E-state index contributed by atoms with van der Waals surface area (Å²) in [5, 5.41) is 3.74. The number of carbonyl (C=O) groups excluding carboxylic acids is 1. The second-order valence-corrected chi connectivity index (χ2v) is 7.42. The highest BCUT2D eigenvalue weighted by Crippen LogP contribution is 2.31. The minimum Gasteiger partial charge on any atom is -0.341 e. The molecule has 1 aliphatic heterocycles. The zero-order valence-corrected chi connectivity index (χ0v) is 14.5. The Hall–Kier alpha value is -1.35. The molecule has 0 radical (unpaired) electrons. The van der Waals surface area contributed by atoms with E-state index in [1.165, 1.54) is 19.3 Å². The fourth-order valence-electron chi connectivity index (χ4n) is 4.11. The summed E-state index contributed by atoms with van der Waals surface area (Å²) in [6.07, 6.45) is 6.05. The monoisotopic (exact) mass is 314 g/mol. The molecule has 3 heteroatoms. The van der Waals surface area contributed by atoms with Crippen LogP contribution in [-0.4, -0.2) is 29.9 Å². The Morgan fingerprint density at radius 2 is 1.78 bits per heavy atom. The highest BCUT2D eigenvalue weighted by atomic mass is 16.2. The lowest BCUT2D eigenvalue weighted by atomic mass is 9.77. The molecule has 1 aromatic carbocycles. The van der Waals surface area contributed by atoms with Crippen molar-refractivity contribution in [2.24, 2.45) is 11.8 Å². The number of rotatable bonds is 4. The fourth-order valence-corrected chi connectivity index (χ4v) is 4.11. The standard InChI is InChI=1S/C20H30N2O/c1-15-9-8-12-18(16(15)2)21-19(17-10-4-3-5-11-17)20(23)22-13-6-7-14-22/h3-5,10-11,15-16,18-19,21H,6-9,12-14H2,1-2H3. The maximum atomic E-state index is 13.1. The Morgan fingerprint density at radius 3 is 2.48 bits per heavy atom. The SMILES string of the molecule is CC1CCCC(NC(C(=O)N2CCCC2)c2ccccc2)C1C. The molecule has 4 unspecified atom stereocenters. The van der Waals surface area contributed by atoms with E-state index in [9.17, 15) is 4.79 Å². The number of nitrogens with one attached hydrogen (secondary N) is 1. The molecule has 1 aromatic rings. The molecule has 0 spiro atoms. The van der Waals surface area contributed by atoms with Gasteiger partial charge in [-0.25, -0.2) is 0 Å². The van der Waals surface area contributed by atoms with E-state index in [4.69, 9.17) is 0 Å². The van der Waals surface area contributed by atoms with Gasteiger partial charge in [-0.15, -0.1) is 0 Å². The first-order valence-corrected chi connectivity index (χ1v) is 9.26. The molecule has 23 heavy (non-hydrogen) atoms. The van der Waals surface area contributed by atoms with Crippen molar-refractivity contribution in [3.63, 3.8) is 0 Å². The first-order valence-electron chi connectivity index (χ1n) is 9.26. The lowest BCUT2D eigenvalue weighted by molar-refractivity contribution is -0.133. The zero-order valence-electron chi connectivity index (χ0n) is 14.5. The molecule has 1 N–H and O–H groups in total. The predicted molar refractivity (Wildman–Crippen MR) is 94.1 cm³/mol. The van der Waals surface area contributed by atoms with E-state index in [2.05, 4.69) is 31.3 Å². The Balaban J connectivity index is 1.79. The lowest BCUT2D eigenvalue weighted by Gasteiger charge is -2.37. The molecule has 3 nitrogen and oxygen atoms in total. The smallest absolute Gasteiger partial charge is 0.244 e. The van der Waals surface area contributed by atoms with Crippen molar-refractivity contribution in [1.82, 2.24) is 10.2 Å². The second kappa shape index (κ2) is 7.48. The van der Waals surface area contributed by atoms with Crippen LogP contribution in [0.3, 0.4) is 0 Å². The third-order valence-electron chi connectivity index (χ3n) is 5.89. The van der Waals surface area contributed by atoms with Gasteiger partial charge in [-0.05, 0) is 36.7 Å². The summed E-state index contributed by atoms with van der Waals surface area (Å²) in [5.74, 6) is 1.63. The van der Waals surface area contributed by atoms with Crippen LogP contribution in [0.15, 0.2) is 30.3 Å². The second-order valence-electron chi connectivity index (χ2n) is 7.42. The van der Waals surface area contributed by atoms with Crippen LogP contribution in [0.4, 0.5) is 0 Å². The third kappa shape index (κ3) is 3.77. The normalized spacial score (nSPS) is 29.5. The Labute approximate surface area is 140 Å². The minimum atomic E-state index is -0.188. The average molecular weight is 314 g/mol. The van der Waals surface area contributed by atoms with Crippen molar-refractivity contribution in [3.05, 3.63) is 35.9 Å². The number of carbonyl (C=O) groups is 1. The first kappa shape index (κ1) is 16.5. The molecule has 1 heterocycles. The summed E-state index contributed by atoms with van der Waals surface area (Å²) >= 11 is 0. The van der Waals surface area contributed by atoms with Crippen LogP contribution in [0.5, 0.6) is 0 Å². The highest BCUT2D eigenvalue weighted by Gasteiger charge is 2.33. The van der Waals surface area contributed by atoms with Gasteiger partial charge in [-0.3, -0.25) is 10.1 Å². The summed E-state index contributed by atoms with van der Waals surface area (Å²) in [7, 11) is 0. The van der Waals surface area contributed by atoms with E-state index in [1.807, 2.05) is 23.1 Å². The Bertz CT molecular complexity index is 510. The van der Waals surface area contributed by atoms with Crippen LogP contribution in [0.2, 0.25) is 0 Å². The highest BCUT2D eigenvalue weighted by molar-refractivity contribution is 5.83. The molecular weight excluding hydrogens is 284 g/mol. The van der Waals surface area contributed by atoms with Crippen molar-refractivity contribution in [1.29, 1.82) is 0 Å². The third-order valence-corrected chi connectivity index (χ3v) is 5.89. The fraction of sp³-hybridized carbons (Fsp3) is 0.650. The van der Waals surface area contributed by atoms with E-state index >= 15 is 0 Å². The quantitative estimate of drug-likeness (QED) is 0.917. The topological polar surface area (TPSA) is 32.3 Å². The summed E-state index contributed by atoms with van der Waals surface area (Å²) in [4.78, 5) is 15.1. The van der Waals surface area contributed by atoms with Gasteiger partial charge >= 0.3 is 0 Å². The molecule has 4 atom stereocenters. The number of likely N-dealkylation sites (tertiary alicyclic amines) is 1. The van der Waals surface area contributed by atoms with Crippen LogP contribution >= 0.6 is 0 Å². The molecule has 3 rings (SSSR count). The van der Waals surface area contributed by atoms with Crippen LogP contribution in [0.1, 0.15) is 57.6 Å². The number of benzene rings is 1. The molecule has 2 aliphatic rings. The largest absolute Gasteiger partial charge is 0.341 e. The summed E-state index contributed by atoms with van der Waals surface area (Å²) in [6, 6.07) is 10.5. The van der Waals surface area contributed by atoms with Crippen LogP contribution in [0, 0.1) is 11.8 Å². The molecule has 126 valence electrons. The Kier molecular flexibility index (Phi) is 5.37. The molecule has 2 fully saturated rings. The summed E-state index contributed by atoms with van der Waals surface area (Å²) < 4.78 is 0. The molecule has 1 saturated heterocycles. The van der Waals surface area contributed by atoms with Crippen LogP contribution < -0.4 is 5.32 Å². The minimum absolute atomic E-state index is 0.188. The number of hydrogen-bond acceptors (Lipinski definition) is 2. The van der Waals surface area contributed by atoms with Gasteiger partial charge in [0, 0.05) is 19.1 Å². The molecule has 0 aromatic heterocycles. The van der Waals surface area contributed by atoms with Crippen molar-refractivity contribution >= 4 is 5.91 Å². The average Bonchev–Trinajstić information content (AvgIpc) is 3.11. The van der Waals surface area contributed by atoms with Crippen molar-refractivity contribution in [2.45, 2.75) is 58.0 Å². The van der Waals surface area contributed by atoms with Crippen molar-refractivity contribution in [3.8, 4) is 0 Å². The van der Waals surface area contributed by atoms with Gasteiger partial charge < -0.3 is 4.90 Å². The molecule has 1 aliphatic carbocycles. The molecule has 0 bridgehead atoms. The van der Waals surface area contributed by atoms with Gasteiger partial charge in [-0.2, -0.15) is 0 Å². The number of hydrogen-bond donors (Lipinski definition) is 1. The Morgan fingerprint density at radius 1 is 1.09 bits per heavy atom. The van der Waals surface area contributed by atoms with Crippen LogP contribution in [0.25, 0.3) is 0 Å². The number of amides is 1. The van der Waals surface area contributed by atoms with E-state index in [-0.39, 0.29) is 11.9 Å². The van der Waals surface area contributed by atoms with E-state index < -0.39 is 0 Å². The first-order chi connectivity index (χ1) is 11.2. The van der Waals surface area contributed by atoms with Gasteiger partial charge in [0.2, 0.25) is 5.91 Å². The van der Waals surface area contributed by atoms with E-state index in [0.717, 1.165) is 37.4 Å². The molecule has 1 amide bonds. The van der Waals surface area contributed by atoms with Gasteiger partial charge in [0.25, 0.3) is 0 Å². The van der Waals surface area contributed by atoms with Gasteiger partial charge in [0.05, 0.1) is 0 Å². The summed E-state index contributed by atoms with van der Waals surface area (Å²) in [5.41, 5.74) is 1.11. The number of nitrogens with zero attached hydrogens (tertiary/aromatic N) is 1. The van der Waals surface area contributed by atoms with E-state index in [1.54, 1.807) is 0 Å². The predicted octanol–water partition coefficient (Wildman–Crippen LogP) is 3.76.